The zero-order valence-electron chi connectivity index (χ0n) is 20.0. The van der Waals surface area contributed by atoms with Gasteiger partial charge in [0, 0.05) is 0 Å². The fraction of sp³-hybridized carbons (Fsp3) is 0.250. The number of benzene rings is 4. The van der Waals surface area contributed by atoms with Crippen molar-refractivity contribution in [2.75, 3.05) is 0 Å². The fourth-order valence-corrected chi connectivity index (χ4v) is 6.72. The molecule has 0 unspecified atom stereocenters. The van der Waals surface area contributed by atoms with Gasteiger partial charge in [0.2, 0.25) is 0 Å². The van der Waals surface area contributed by atoms with Gasteiger partial charge in [-0.15, -0.1) is 0 Å². The van der Waals surface area contributed by atoms with E-state index in [1.807, 2.05) is 0 Å². The Balaban J connectivity index is 1.43. The number of rotatable bonds is 0. The minimum atomic E-state index is -0.596. The van der Waals surface area contributed by atoms with Gasteiger partial charge in [0.25, 0.3) is 0 Å². The standard InChI is InChI=1S/C32H30O2.Al/c33-31-27-15-11-23-5-1-21(2-6-23)9-13-25(17-19-27)29(31)30-26-14-10-22-3-7-24(8-4-22)12-16-28(20-18-26)32(30)34;/h1-8,17-20,33-34H,9-16H2;/q;+3/p-2. The Morgan fingerprint density at radius 3 is 1.06 bits per heavy atom. The average molecular weight is 472 g/mol. The first kappa shape index (κ1) is 21.3. The van der Waals surface area contributed by atoms with Crippen LogP contribution in [0.3, 0.4) is 0 Å². The first-order chi connectivity index (χ1) is 17.3. The number of hydrogen-bond acceptors (Lipinski definition) is 2. The van der Waals surface area contributed by atoms with Crippen LogP contribution in [0.25, 0.3) is 11.1 Å². The molecule has 0 atom stereocenters. The second kappa shape index (κ2) is 8.90. The molecule has 9 aliphatic rings. The summed E-state index contributed by atoms with van der Waals surface area (Å²) in [4.78, 5) is 0. The molecule has 4 aromatic rings. The maximum absolute atomic E-state index is 6.54. The molecule has 3 heteroatoms. The molecule has 0 saturated carbocycles. The van der Waals surface area contributed by atoms with E-state index in [2.05, 4.69) is 72.8 Å². The third kappa shape index (κ3) is 3.98. The zero-order valence-corrected chi connectivity index (χ0v) is 21.1. The van der Waals surface area contributed by atoms with E-state index in [4.69, 9.17) is 7.58 Å². The van der Waals surface area contributed by atoms with E-state index in [0.29, 0.717) is 0 Å². The third-order valence-electron chi connectivity index (χ3n) is 8.01. The number of hydrogen-bond donors (Lipinski definition) is 0. The van der Waals surface area contributed by atoms with Crippen LogP contribution in [0.5, 0.6) is 11.5 Å². The van der Waals surface area contributed by atoms with Crippen LogP contribution in [0, 0.1) is 0 Å². The summed E-state index contributed by atoms with van der Waals surface area (Å²) in [5.41, 5.74) is 13.6. The summed E-state index contributed by atoms with van der Waals surface area (Å²) in [6.45, 7) is 0. The van der Waals surface area contributed by atoms with Crippen LogP contribution in [0.4, 0.5) is 0 Å². The number of aryl methyl sites for hydroxylation is 8. The predicted molar refractivity (Wildman–Crippen MR) is 141 cm³/mol. The van der Waals surface area contributed by atoms with E-state index in [9.17, 15) is 0 Å². The van der Waals surface area contributed by atoms with Gasteiger partial charge in [0.15, 0.2) is 0 Å². The predicted octanol–water partition coefficient (Wildman–Crippen LogP) is 6.43. The molecule has 0 radical (unpaired) electrons. The summed E-state index contributed by atoms with van der Waals surface area (Å²) in [7, 11) is 0. The molecule has 0 aromatic heterocycles. The van der Waals surface area contributed by atoms with Crippen molar-refractivity contribution < 1.29 is 7.58 Å². The second-order valence-electron chi connectivity index (χ2n) is 10.1. The van der Waals surface area contributed by atoms with Crippen molar-refractivity contribution in [2.24, 2.45) is 0 Å². The van der Waals surface area contributed by atoms with Gasteiger partial charge in [-0.2, -0.15) is 0 Å². The Labute approximate surface area is 214 Å². The molecule has 4 aromatic carbocycles. The molecule has 0 N–H and O–H groups in total. The summed E-state index contributed by atoms with van der Waals surface area (Å²) in [6, 6.07) is 27.8. The molecule has 8 aliphatic carbocycles. The van der Waals surface area contributed by atoms with Crippen LogP contribution in [0.1, 0.15) is 44.5 Å². The monoisotopic (exact) mass is 471 g/mol. The Morgan fingerprint density at radius 2 is 0.686 bits per heavy atom. The third-order valence-corrected chi connectivity index (χ3v) is 8.67. The van der Waals surface area contributed by atoms with E-state index >= 15 is 0 Å². The SMILES string of the molecule is c1cc2ccc1CCc1ccc(c3c1[O][Al+][O]c1c4ccc(c1-3)CCc1ccc(cc1)CC4)CC2. The van der Waals surface area contributed by atoms with E-state index < -0.39 is 15.9 Å². The van der Waals surface area contributed by atoms with Crippen LogP contribution in [-0.2, 0) is 51.4 Å². The van der Waals surface area contributed by atoms with Crippen molar-refractivity contribution in [1.29, 1.82) is 0 Å². The molecule has 0 spiro atoms. The summed E-state index contributed by atoms with van der Waals surface area (Å²) in [6.07, 6.45) is 8.11. The molecule has 0 amide bonds. The molecule has 35 heavy (non-hydrogen) atoms. The van der Waals surface area contributed by atoms with Gasteiger partial charge < -0.3 is 0 Å². The molecular formula is C32H28AlO2+. The van der Waals surface area contributed by atoms with Crippen LogP contribution in [0.2, 0.25) is 0 Å². The van der Waals surface area contributed by atoms with Crippen molar-refractivity contribution in [1.82, 2.24) is 0 Å². The van der Waals surface area contributed by atoms with Crippen molar-refractivity contribution in [3.05, 3.63) is 117 Å². The normalized spacial score (nSPS) is 15.5. The Kier molecular flexibility index (Phi) is 5.42. The molecular weight excluding hydrogens is 443 g/mol. The topological polar surface area (TPSA) is 18.5 Å². The minimum absolute atomic E-state index is 0.596. The molecule has 2 nitrogen and oxygen atoms in total. The quantitative estimate of drug-likeness (QED) is 0.275. The molecule has 1 heterocycles. The van der Waals surface area contributed by atoms with Crippen LogP contribution in [0.15, 0.2) is 72.8 Å². The van der Waals surface area contributed by atoms with Crippen molar-refractivity contribution >= 4 is 15.9 Å². The van der Waals surface area contributed by atoms with Gasteiger partial charge in [0.05, 0.1) is 0 Å². The summed E-state index contributed by atoms with van der Waals surface area (Å²) in [5.74, 6) is 2.17. The Morgan fingerprint density at radius 1 is 0.371 bits per heavy atom. The van der Waals surface area contributed by atoms with Gasteiger partial charge in [-0.05, 0) is 0 Å². The van der Waals surface area contributed by atoms with Crippen molar-refractivity contribution in [3.63, 3.8) is 0 Å². The van der Waals surface area contributed by atoms with Gasteiger partial charge in [-0.1, -0.05) is 0 Å². The van der Waals surface area contributed by atoms with Crippen molar-refractivity contribution in [2.45, 2.75) is 51.4 Å². The van der Waals surface area contributed by atoms with E-state index in [1.54, 1.807) is 0 Å². The molecule has 170 valence electrons. The first-order valence-corrected chi connectivity index (χ1v) is 13.9. The summed E-state index contributed by atoms with van der Waals surface area (Å²) in [5, 5.41) is 0. The zero-order chi connectivity index (χ0) is 23.2. The molecule has 13 rings (SSSR count). The van der Waals surface area contributed by atoms with E-state index in [1.165, 1.54) is 55.6 Å². The molecule has 0 fully saturated rings. The van der Waals surface area contributed by atoms with Gasteiger partial charge >= 0.3 is 215 Å². The molecule has 1 aliphatic heterocycles. The van der Waals surface area contributed by atoms with E-state index in [-0.39, 0.29) is 0 Å². The van der Waals surface area contributed by atoms with Crippen LogP contribution >= 0.6 is 0 Å². The van der Waals surface area contributed by atoms with Crippen molar-refractivity contribution in [3.8, 4) is 22.6 Å². The van der Waals surface area contributed by atoms with Gasteiger partial charge in [-0.25, -0.2) is 0 Å². The Hall–Kier alpha value is -2.99. The average Bonchev–Trinajstić information content (AvgIpc) is 3.08. The Bertz CT molecular complexity index is 1290. The van der Waals surface area contributed by atoms with Crippen LogP contribution < -0.4 is 7.58 Å². The second-order valence-corrected chi connectivity index (χ2v) is 10.8. The fourth-order valence-electron chi connectivity index (χ4n) is 5.94. The molecule has 0 saturated heterocycles. The summed E-state index contributed by atoms with van der Waals surface area (Å²) < 4.78 is 13.1. The van der Waals surface area contributed by atoms with Gasteiger partial charge in [0.1, 0.15) is 0 Å². The van der Waals surface area contributed by atoms with Crippen LogP contribution in [-0.4, -0.2) is 15.9 Å². The first-order valence-electron chi connectivity index (χ1n) is 12.9. The maximum atomic E-state index is 6.54. The van der Waals surface area contributed by atoms with Gasteiger partial charge in [-0.3, -0.25) is 0 Å². The molecule has 8 bridgehead atoms. The summed E-state index contributed by atoms with van der Waals surface area (Å²) >= 11 is -0.596. The van der Waals surface area contributed by atoms with E-state index in [0.717, 1.165) is 62.9 Å².